The molecule has 6 heteroatoms. The summed E-state index contributed by atoms with van der Waals surface area (Å²) in [6.45, 7) is 12.5. The Morgan fingerprint density at radius 1 is 0.407 bits per heavy atom. The Morgan fingerprint density at radius 2 is 0.667 bits per heavy atom. The summed E-state index contributed by atoms with van der Waals surface area (Å²) in [4.78, 5) is 27.9. The molecule has 0 saturated carbocycles. The van der Waals surface area contributed by atoms with Gasteiger partial charge in [-0.3, -0.25) is 9.59 Å². The van der Waals surface area contributed by atoms with Crippen LogP contribution in [0.15, 0.2) is 0 Å². The Labute approximate surface area is 338 Å². The number of nitrogens with zero attached hydrogens (tertiary/aromatic N) is 1. The molecular formula is C48H96N2O4. The van der Waals surface area contributed by atoms with Gasteiger partial charge >= 0.3 is 11.9 Å². The Balaban J connectivity index is 4.67. The number of esters is 2. The van der Waals surface area contributed by atoms with Crippen LogP contribution in [0.1, 0.15) is 246 Å². The number of hydrogen-bond acceptors (Lipinski definition) is 6. The predicted octanol–water partition coefficient (Wildman–Crippen LogP) is 13.9. The zero-order chi connectivity index (χ0) is 39.6. The van der Waals surface area contributed by atoms with Crippen molar-refractivity contribution in [3.8, 4) is 0 Å². The number of ether oxygens (including phenoxy) is 2. The van der Waals surface area contributed by atoms with Gasteiger partial charge in [-0.2, -0.15) is 0 Å². The second-order valence-corrected chi connectivity index (χ2v) is 16.9. The minimum atomic E-state index is -0.123. The molecular weight excluding hydrogens is 669 g/mol. The molecule has 0 aliphatic carbocycles. The zero-order valence-corrected chi connectivity index (χ0v) is 37.1. The SMILES string of the molecule is CCCCCCCCCCC(CCCCCCCC)COC(=O)CCN(CCN)CCC(=O)OCC(CCCCCCCC)CCCCCCCCCC. The van der Waals surface area contributed by atoms with E-state index in [9.17, 15) is 9.59 Å². The van der Waals surface area contributed by atoms with Gasteiger partial charge in [0.15, 0.2) is 0 Å². The molecule has 0 fully saturated rings. The Hall–Kier alpha value is -1.14. The molecule has 0 aliphatic heterocycles. The van der Waals surface area contributed by atoms with E-state index in [1.54, 1.807) is 0 Å². The topological polar surface area (TPSA) is 81.9 Å². The van der Waals surface area contributed by atoms with Crippen molar-refractivity contribution in [2.75, 3.05) is 39.4 Å². The summed E-state index contributed by atoms with van der Waals surface area (Å²) in [5, 5.41) is 0. The predicted molar refractivity (Wildman–Crippen MR) is 234 cm³/mol. The monoisotopic (exact) mass is 765 g/mol. The van der Waals surface area contributed by atoms with Crippen LogP contribution in [-0.2, 0) is 19.1 Å². The average Bonchev–Trinajstić information content (AvgIpc) is 3.17. The largest absolute Gasteiger partial charge is 0.465 e. The molecule has 2 atom stereocenters. The van der Waals surface area contributed by atoms with Crippen molar-refractivity contribution in [3.63, 3.8) is 0 Å². The van der Waals surface area contributed by atoms with E-state index in [1.807, 2.05) is 0 Å². The lowest BCUT2D eigenvalue weighted by atomic mass is 9.94. The molecule has 0 aromatic rings. The van der Waals surface area contributed by atoms with Crippen LogP contribution in [-0.4, -0.2) is 56.2 Å². The summed E-state index contributed by atoms with van der Waals surface area (Å²) >= 11 is 0. The van der Waals surface area contributed by atoms with E-state index >= 15 is 0 Å². The molecule has 0 amide bonds. The van der Waals surface area contributed by atoms with Gasteiger partial charge in [0.2, 0.25) is 0 Å². The molecule has 0 rings (SSSR count). The molecule has 0 bridgehead atoms. The normalized spacial score (nSPS) is 12.7. The summed E-state index contributed by atoms with van der Waals surface area (Å²) in [6.07, 6.45) is 42.2. The minimum Gasteiger partial charge on any atom is -0.465 e. The molecule has 0 saturated heterocycles. The van der Waals surface area contributed by atoms with E-state index in [1.165, 1.54) is 180 Å². The highest BCUT2D eigenvalue weighted by Crippen LogP contribution is 2.22. The number of unbranched alkanes of at least 4 members (excludes halogenated alkanes) is 24. The molecule has 6 nitrogen and oxygen atoms in total. The van der Waals surface area contributed by atoms with Crippen molar-refractivity contribution in [1.29, 1.82) is 0 Å². The minimum absolute atomic E-state index is 0.123. The van der Waals surface area contributed by atoms with E-state index in [4.69, 9.17) is 15.2 Å². The summed E-state index contributed by atoms with van der Waals surface area (Å²) in [5.74, 6) is 0.690. The third-order valence-corrected chi connectivity index (χ3v) is 11.5. The molecule has 0 spiro atoms. The van der Waals surface area contributed by atoms with Crippen LogP contribution >= 0.6 is 0 Å². The second kappa shape index (κ2) is 43.0. The highest BCUT2D eigenvalue weighted by Gasteiger charge is 2.16. The Bertz CT molecular complexity index is 718. The summed E-state index contributed by atoms with van der Waals surface area (Å²) in [7, 11) is 0. The third-order valence-electron chi connectivity index (χ3n) is 11.5. The van der Waals surface area contributed by atoms with Crippen molar-refractivity contribution >= 4 is 11.9 Å². The summed E-state index contributed by atoms with van der Waals surface area (Å²) in [5.41, 5.74) is 5.93. The number of carbonyl (C=O) groups excluding carboxylic acids is 2. The molecule has 322 valence electrons. The van der Waals surface area contributed by atoms with Crippen molar-refractivity contribution in [2.45, 2.75) is 246 Å². The van der Waals surface area contributed by atoms with Gasteiger partial charge in [-0.15, -0.1) is 0 Å². The second-order valence-electron chi connectivity index (χ2n) is 16.9. The van der Waals surface area contributed by atoms with E-state index < -0.39 is 0 Å². The van der Waals surface area contributed by atoms with Gasteiger partial charge in [0.25, 0.3) is 0 Å². The summed E-state index contributed by atoms with van der Waals surface area (Å²) < 4.78 is 11.8. The van der Waals surface area contributed by atoms with Gasteiger partial charge in [0.1, 0.15) is 0 Å². The van der Waals surface area contributed by atoms with Crippen molar-refractivity contribution in [3.05, 3.63) is 0 Å². The molecule has 0 aromatic heterocycles. The van der Waals surface area contributed by atoms with E-state index in [2.05, 4.69) is 32.6 Å². The van der Waals surface area contributed by atoms with E-state index in [0.29, 0.717) is 64.1 Å². The fraction of sp³-hybridized carbons (Fsp3) is 0.958. The first-order chi connectivity index (χ1) is 26.5. The number of hydrogen-bond donors (Lipinski definition) is 1. The maximum atomic E-state index is 12.9. The van der Waals surface area contributed by atoms with Crippen molar-refractivity contribution in [2.24, 2.45) is 17.6 Å². The van der Waals surface area contributed by atoms with E-state index in [-0.39, 0.29) is 11.9 Å². The Morgan fingerprint density at radius 3 is 0.926 bits per heavy atom. The van der Waals surface area contributed by atoms with Crippen LogP contribution < -0.4 is 5.73 Å². The van der Waals surface area contributed by atoms with Crippen molar-refractivity contribution in [1.82, 2.24) is 4.90 Å². The highest BCUT2D eigenvalue weighted by molar-refractivity contribution is 5.70. The lowest BCUT2D eigenvalue weighted by Crippen LogP contribution is -2.34. The van der Waals surface area contributed by atoms with Crippen LogP contribution in [0, 0.1) is 11.8 Å². The smallest absolute Gasteiger partial charge is 0.307 e. The molecule has 2 N–H and O–H groups in total. The quantitative estimate of drug-likeness (QED) is 0.0491. The molecule has 0 heterocycles. The average molecular weight is 765 g/mol. The third kappa shape index (κ3) is 37.8. The highest BCUT2D eigenvalue weighted by atomic mass is 16.5. The fourth-order valence-electron chi connectivity index (χ4n) is 7.77. The van der Waals surface area contributed by atoms with Gasteiger partial charge in [-0.1, -0.05) is 207 Å². The van der Waals surface area contributed by atoms with Crippen LogP contribution in [0.2, 0.25) is 0 Å². The van der Waals surface area contributed by atoms with Gasteiger partial charge in [0.05, 0.1) is 26.1 Å². The maximum Gasteiger partial charge on any atom is 0.307 e. The first-order valence-electron chi connectivity index (χ1n) is 24.2. The first kappa shape index (κ1) is 52.9. The van der Waals surface area contributed by atoms with Gasteiger partial charge < -0.3 is 20.1 Å². The lowest BCUT2D eigenvalue weighted by molar-refractivity contribution is -0.145. The van der Waals surface area contributed by atoms with Crippen LogP contribution in [0.25, 0.3) is 0 Å². The lowest BCUT2D eigenvalue weighted by Gasteiger charge is -2.22. The summed E-state index contributed by atoms with van der Waals surface area (Å²) in [6, 6.07) is 0. The standard InChI is InChI=1S/C48H96N2O4/c1-5-9-13-17-21-23-27-31-35-45(33-29-25-19-15-11-7-3)43-53-47(51)37-40-50(42-39-49)41-38-48(52)54-44-46(34-30-26-20-16-12-8-4)36-32-28-24-22-18-14-10-6-2/h45-46H,5-44,49H2,1-4H3. The Kier molecular flexibility index (Phi) is 42.1. The zero-order valence-electron chi connectivity index (χ0n) is 37.1. The number of rotatable bonds is 44. The molecule has 0 aromatic carbocycles. The first-order valence-corrected chi connectivity index (χ1v) is 24.2. The van der Waals surface area contributed by atoms with Crippen molar-refractivity contribution < 1.29 is 19.1 Å². The molecule has 0 radical (unpaired) electrons. The van der Waals surface area contributed by atoms with Crippen LogP contribution in [0.3, 0.4) is 0 Å². The molecule has 2 unspecified atom stereocenters. The van der Waals surface area contributed by atoms with Gasteiger partial charge in [-0.05, 0) is 37.5 Å². The van der Waals surface area contributed by atoms with Gasteiger partial charge in [-0.25, -0.2) is 0 Å². The number of nitrogens with two attached hydrogens (primary N) is 1. The van der Waals surface area contributed by atoms with Crippen LogP contribution in [0.4, 0.5) is 0 Å². The van der Waals surface area contributed by atoms with Crippen LogP contribution in [0.5, 0.6) is 0 Å². The van der Waals surface area contributed by atoms with E-state index in [0.717, 1.165) is 25.7 Å². The maximum absolute atomic E-state index is 12.9. The molecule has 54 heavy (non-hydrogen) atoms. The fourth-order valence-corrected chi connectivity index (χ4v) is 7.77. The molecule has 0 aliphatic rings. The van der Waals surface area contributed by atoms with Gasteiger partial charge in [0, 0.05) is 26.2 Å². The number of carbonyl (C=O) groups is 2.